The first-order valence-electron chi connectivity index (χ1n) is 4.80. The summed E-state index contributed by atoms with van der Waals surface area (Å²) in [5, 5.41) is 6.88. The third-order valence-corrected chi connectivity index (χ3v) is 2.27. The van der Waals surface area contributed by atoms with Crippen molar-refractivity contribution in [2.75, 3.05) is 12.4 Å². The molecule has 1 N–H and O–H groups in total. The van der Waals surface area contributed by atoms with E-state index in [1.807, 2.05) is 39.1 Å². The van der Waals surface area contributed by atoms with E-state index in [-0.39, 0.29) is 0 Å². The normalized spacial score (nSPS) is 10.3. The van der Waals surface area contributed by atoms with Gasteiger partial charge in [-0.2, -0.15) is 4.98 Å². The maximum Gasteiger partial charge on any atom is 0.257 e. The van der Waals surface area contributed by atoms with Crippen molar-refractivity contribution < 1.29 is 4.52 Å². The predicted octanol–water partition coefficient (Wildman–Crippen LogP) is 2.40. The Balaban J connectivity index is 2.42. The first-order valence-corrected chi connectivity index (χ1v) is 4.80. The molecule has 78 valence electrons. The highest BCUT2D eigenvalue weighted by Crippen LogP contribution is 2.23. The van der Waals surface area contributed by atoms with E-state index in [4.69, 9.17) is 4.52 Å². The van der Waals surface area contributed by atoms with Crippen molar-refractivity contribution in [3.05, 3.63) is 29.6 Å². The maximum absolute atomic E-state index is 5.10. The van der Waals surface area contributed by atoms with Gasteiger partial charge in [0.2, 0.25) is 0 Å². The second kappa shape index (κ2) is 3.73. The van der Waals surface area contributed by atoms with E-state index >= 15 is 0 Å². The average Bonchev–Trinajstić information content (AvgIpc) is 2.65. The Labute approximate surface area is 88.3 Å². The molecule has 1 aromatic carbocycles. The molecule has 0 saturated carbocycles. The van der Waals surface area contributed by atoms with E-state index in [0.29, 0.717) is 11.7 Å². The van der Waals surface area contributed by atoms with Crippen molar-refractivity contribution in [1.82, 2.24) is 10.1 Å². The Hall–Kier alpha value is -1.84. The van der Waals surface area contributed by atoms with E-state index in [9.17, 15) is 0 Å². The third kappa shape index (κ3) is 1.83. The van der Waals surface area contributed by atoms with Gasteiger partial charge in [0.25, 0.3) is 5.89 Å². The summed E-state index contributed by atoms with van der Waals surface area (Å²) in [6.45, 7) is 3.85. The lowest BCUT2D eigenvalue weighted by atomic mass is 10.1. The van der Waals surface area contributed by atoms with Gasteiger partial charge in [-0.1, -0.05) is 5.16 Å². The van der Waals surface area contributed by atoms with Gasteiger partial charge in [-0.15, -0.1) is 0 Å². The van der Waals surface area contributed by atoms with Gasteiger partial charge in [-0.05, 0) is 37.6 Å². The van der Waals surface area contributed by atoms with Gasteiger partial charge in [0, 0.05) is 18.3 Å². The molecule has 0 fully saturated rings. The van der Waals surface area contributed by atoms with Crippen LogP contribution in [0.3, 0.4) is 0 Å². The third-order valence-electron chi connectivity index (χ3n) is 2.27. The Morgan fingerprint density at radius 1 is 1.27 bits per heavy atom. The van der Waals surface area contributed by atoms with Crippen LogP contribution in [0.25, 0.3) is 11.5 Å². The molecule has 0 aliphatic rings. The number of anilines is 1. The van der Waals surface area contributed by atoms with Gasteiger partial charge in [0.15, 0.2) is 5.82 Å². The molecule has 0 saturated heterocycles. The van der Waals surface area contributed by atoms with Crippen LogP contribution in [0.4, 0.5) is 5.69 Å². The van der Waals surface area contributed by atoms with Crippen molar-refractivity contribution in [2.45, 2.75) is 13.8 Å². The summed E-state index contributed by atoms with van der Waals surface area (Å²) < 4.78 is 5.10. The lowest BCUT2D eigenvalue weighted by Gasteiger charge is -2.05. The second-order valence-corrected chi connectivity index (χ2v) is 3.43. The van der Waals surface area contributed by atoms with E-state index in [2.05, 4.69) is 15.5 Å². The van der Waals surface area contributed by atoms with Crippen LogP contribution < -0.4 is 5.32 Å². The molecule has 1 heterocycles. The van der Waals surface area contributed by atoms with Crippen LogP contribution >= 0.6 is 0 Å². The number of hydrogen-bond donors (Lipinski definition) is 1. The van der Waals surface area contributed by atoms with Crippen LogP contribution in [-0.2, 0) is 0 Å². The Morgan fingerprint density at radius 3 is 2.60 bits per heavy atom. The first kappa shape index (κ1) is 9.71. The van der Waals surface area contributed by atoms with E-state index in [0.717, 1.165) is 16.8 Å². The molecule has 0 aliphatic heterocycles. The number of benzene rings is 1. The SMILES string of the molecule is CNc1ccc(-c2nc(C)no2)cc1C. The van der Waals surface area contributed by atoms with Gasteiger partial charge in [-0.25, -0.2) is 0 Å². The topological polar surface area (TPSA) is 51.0 Å². The summed E-state index contributed by atoms with van der Waals surface area (Å²) in [6.07, 6.45) is 0. The minimum atomic E-state index is 0.568. The van der Waals surface area contributed by atoms with E-state index in [1.165, 1.54) is 0 Å². The molecule has 0 atom stereocenters. The van der Waals surface area contributed by atoms with Crippen molar-refractivity contribution >= 4 is 5.69 Å². The summed E-state index contributed by atoms with van der Waals surface area (Å²) in [7, 11) is 1.90. The number of rotatable bonds is 2. The smallest absolute Gasteiger partial charge is 0.257 e. The van der Waals surface area contributed by atoms with Crippen molar-refractivity contribution in [2.24, 2.45) is 0 Å². The largest absolute Gasteiger partial charge is 0.388 e. The second-order valence-electron chi connectivity index (χ2n) is 3.43. The number of nitrogens with zero attached hydrogens (tertiary/aromatic N) is 2. The Bertz CT molecular complexity index is 476. The zero-order valence-corrected chi connectivity index (χ0v) is 9.03. The van der Waals surface area contributed by atoms with Crippen LogP contribution in [0.15, 0.2) is 22.7 Å². The van der Waals surface area contributed by atoms with Crippen LogP contribution in [0.5, 0.6) is 0 Å². The molecule has 4 heteroatoms. The maximum atomic E-state index is 5.10. The van der Waals surface area contributed by atoms with Gasteiger partial charge in [-0.3, -0.25) is 0 Å². The molecule has 1 aromatic heterocycles. The monoisotopic (exact) mass is 203 g/mol. The number of hydrogen-bond acceptors (Lipinski definition) is 4. The fourth-order valence-corrected chi connectivity index (χ4v) is 1.49. The molecule has 2 aromatic rings. The molecule has 4 nitrogen and oxygen atoms in total. The average molecular weight is 203 g/mol. The van der Waals surface area contributed by atoms with E-state index in [1.54, 1.807) is 0 Å². The summed E-state index contributed by atoms with van der Waals surface area (Å²) >= 11 is 0. The van der Waals surface area contributed by atoms with Gasteiger partial charge in [0.05, 0.1) is 0 Å². The summed E-state index contributed by atoms with van der Waals surface area (Å²) in [4.78, 5) is 4.18. The Kier molecular flexibility index (Phi) is 2.41. The molecule has 2 rings (SSSR count). The fraction of sp³-hybridized carbons (Fsp3) is 0.273. The summed E-state index contributed by atoms with van der Waals surface area (Å²) in [5.41, 5.74) is 3.22. The first-order chi connectivity index (χ1) is 7.20. The molecule has 0 amide bonds. The number of nitrogens with one attached hydrogen (secondary N) is 1. The van der Waals surface area contributed by atoms with Crippen molar-refractivity contribution in [3.8, 4) is 11.5 Å². The van der Waals surface area contributed by atoms with Gasteiger partial charge < -0.3 is 9.84 Å². The number of aromatic nitrogens is 2. The molecular weight excluding hydrogens is 190 g/mol. The standard InChI is InChI=1S/C11H13N3O/c1-7-6-9(4-5-10(7)12-3)11-13-8(2)14-15-11/h4-6,12H,1-3H3. The van der Waals surface area contributed by atoms with Gasteiger partial charge >= 0.3 is 0 Å². The van der Waals surface area contributed by atoms with Crippen molar-refractivity contribution in [3.63, 3.8) is 0 Å². The van der Waals surface area contributed by atoms with Crippen LogP contribution in [0, 0.1) is 13.8 Å². The molecule has 15 heavy (non-hydrogen) atoms. The van der Waals surface area contributed by atoms with E-state index < -0.39 is 0 Å². The zero-order valence-electron chi connectivity index (χ0n) is 9.03. The van der Waals surface area contributed by atoms with Crippen LogP contribution in [0.2, 0.25) is 0 Å². The highest BCUT2D eigenvalue weighted by Gasteiger charge is 2.07. The Morgan fingerprint density at radius 2 is 2.07 bits per heavy atom. The molecule has 0 bridgehead atoms. The van der Waals surface area contributed by atoms with Crippen LogP contribution in [0.1, 0.15) is 11.4 Å². The molecule has 0 unspecified atom stereocenters. The minimum absolute atomic E-state index is 0.568. The molecule has 0 spiro atoms. The quantitative estimate of drug-likeness (QED) is 0.814. The molecule has 0 aliphatic carbocycles. The highest BCUT2D eigenvalue weighted by molar-refractivity contribution is 5.62. The lowest BCUT2D eigenvalue weighted by molar-refractivity contribution is 0.425. The summed E-state index contributed by atoms with van der Waals surface area (Å²) in [5.74, 6) is 1.22. The predicted molar refractivity (Wildman–Crippen MR) is 58.8 cm³/mol. The fourth-order valence-electron chi connectivity index (χ4n) is 1.49. The molecular formula is C11H13N3O. The van der Waals surface area contributed by atoms with Crippen molar-refractivity contribution in [1.29, 1.82) is 0 Å². The van der Waals surface area contributed by atoms with Crippen LogP contribution in [-0.4, -0.2) is 17.2 Å². The molecule has 0 radical (unpaired) electrons. The summed E-state index contributed by atoms with van der Waals surface area (Å²) in [6, 6.07) is 5.99. The minimum Gasteiger partial charge on any atom is -0.388 e. The highest BCUT2D eigenvalue weighted by atomic mass is 16.5. The van der Waals surface area contributed by atoms with Gasteiger partial charge in [0.1, 0.15) is 0 Å². The zero-order chi connectivity index (χ0) is 10.8. The lowest BCUT2D eigenvalue weighted by Crippen LogP contribution is -1.91. The number of aryl methyl sites for hydroxylation is 2.